The molecule has 0 fully saturated rings. The molecule has 0 saturated heterocycles. The first-order chi connectivity index (χ1) is 8.58. The van der Waals surface area contributed by atoms with Crippen LogP contribution < -0.4 is 0 Å². The number of carbonyl (C=O) groups is 1. The summed E-state index contributed by atoms with van der Waals surface area (Å²) in [5.41, 5.74) is 2.45. The maximum absolute atomic E-state index is 12.2. The second kappa shape index (κ2) is 5.00. The molecule has 2 heterocycles. The Bertz CT molecular complexity index is 547. The SMILES string of the molecule is Cc1cn(C)nc1C(=O)N(C)Cc1ccncc1. The Morgan fingerprint density at radius 2 is 2.06 bits per heavy atom. The molecule has 0 spiro atoms. The molecule has 0 radical (unpaired) electrons. The van der Waals surface area contributed by atoms with Gasteiger partial charge in [0.15, 0.2) is 5.69 Å². The van der Waals surface area contributed by atoms with Gasteiger partial charge in [0, 0.05) is 44.8 Å². The van der Waals surface area contributed by atoms with E-state index in [1.165, 1.54) is 0 Å². The number of hydrogen-bond donors (Lipinski definition) is 0. The minimum Gasteiger partial charge on any atom is -0.336 e. The number of aromatic nitrogens is 3. The molecule has 2 aromatic rings. The molecule has 2 rings (SSSR count). The number of amides is 1. The molecule has 0 bridgehead atoms. The van der Waals surface area contributed by atoms with E-state index >= 15 is 0 Å². The Hall–Kier alpha value is -2.17. The van der Waals surface area contributed by atoms with Gasteiger partial charge in [0.1, 0.15) is 0 Å². The van der Waals surface area contributed by atoms with Gasteiger partial charge in [-0.2, -0.15) is 5.10 Å². The van der Waals surface area contributed by atoms with E-state index in [1.807, 2.05) is 32.3 Å². The Labute approximate surface area is 106 Å². The zero-order chi connectivity index (χ0) is 13.1. The van der Waals surface area contributed by atoms with E-state index in [4.69, 9.17) is 0 Å². The summed E-state index contributed by atoms with van der Waals surface area (Å²) in [6.45, 7) is 2.44. The fraction of sp³-hybridized carbons (Fsp3) is 0.308. The van der Waals surface area contributed by atoms with Gasteiger partial charge in [-0.15, -0.1) is 0 Å². The van der Waals surface area contributed by atoms with Gasteiger partial charge in [-0.25, -0.2) is 0 Å². The molecule has 0 aromatic carbocycles. The average molecular weight is 244 g/mol. The van der Waals surface area contributed by atoms with Crippen molar-refractivity contribution in [3.63, 3.8) is 0 Å². The lowest BCUT2D eigenvalue weighted by Gasteiger charge is -2.16. The molecule has 5 heteroatoms. The lowest BCUT2D eigenvalue weighted by Crippen LogP contribution is -2.27. The van der Waals surface area contributed by atoms with Crippen molar-refractivity contribution in [1.29, 1.82) is 0 Å². The van der Waals surface area contributed by atoms with Gasteiger partial charge in [0.05, 0.1) is 0 Å². The van der Waals surface area contributed by atoms with Crippen molar-refractivity contribution in [3.8, 4) is 0 Å². The number of pyridine rings is 1. The Kier molecular flexibility index (Phi) is 3.41. The molecule has 94 valence electrons. The molecule has 0 unspecified atom stereocenters. The third-order valence-electron chi connectivity index (χ3n) is 2.73. The Morgan fingerprint density at radius 1 is 1.39 bits per heavy atom. The summed E-state index contributed by atoms with van der Waals surface area (Å²) in [4.78, 5) is 17.8. The summed E-state index contributed by atoms with van der Waals surface area (Å²) >= 11 is 0. The van der Waals surface area contributed by atoms with Crippen LogP contribution in [0.15, 0.2) is 30.7 Å². The fourth-order valence-corrected chi connectivity index (χ4v) is 1.83. The highest BCUT2D eigenvalue weighted by Gasteiger charge is 2.17. The normalized spacial score (nSPS) is 10.4. The molecular weight excluding hydrogens is 228 g/mol. The molecule has 1 amide bonds. The first kappa shape index (κ1) is 12.3. The average Bonchev–Trinajstić information content (AvgIpc) is 2.68. The number of nitrogens with zero attached hydrogens (tertiary/aromatic N) is 4. The van der Waals surface area contributed by atoms with Gasteiger partial charge >= 0.3 is 0 Å². The van der Waals surface area contributed by atoms with E-state index in [9.17, 15) is 4.79 Å². The predicted octanol–water partition coefficient (Wildman–Crippen LogP) is 1.40. The van der Waals surface area contributed by atoms with Crippen LogP contribution in [0.3, 0.4) is 0 Å². The predicted molar refractivity (Wildman–Crippen MR) is 68.0 cm³/mol. The largest absolute Gasteiger partial charge is 0.336 e. The summed E-state index contributed by atoms with van der Waals surface area (Å²) in [6, 6.07) is 3.80. The summed E-state index contributed by atoms with van der Waals surface area (Å²) in [5, 5.41) is 4.19. The quantitative estimate of drug-likeness (QED) is 0.820. The molecule has 18 heavy (non-hydrogen) atoms. The van der Waals surface area contributed by atoms with E-state index in [0.717, 1.165) is 11.1 Å². The zero-order valence-electron chi connectivity index (χ0n) is 10.8. The van der Waals surface area contributed by atoms with E-state index in [1.54, 1.807) is 29.0 Å². The van der Waals surface area contributed by atoms with Crippen LogP contribution in [-0.4, -0.2) is 32.6 Å². The second-order valence-electron chi connectivity index (χ2n) is 4.35. The Morgan fingerprint density at radius 3 is 2.61 bits per heavy atom. The van der Waals surface area contributed by atoms with Crippen LogP contribution >= 0.6 is 0 Å². The van der Waals surface area contributed by atoms with Crippen LogP contribution in [0.5, 0.6) is 0 Å². The third-order valence-corrected chi connectivity index (χ3v) is 2.73. The maximum atomic E-state index is 12.2. The number of carbonyl (C=O) groups excluding carboxylic acids is 1. The summed E-state index contributed by atoms with van der Waals surface area (Å²) < 4.78 is 1.66. The van der Waals surface area contributed by atoms with Gasteiger partial charge in [-0.1, -0.05) is 0 Å². The minimum atomic E-state index is -0.0649. The topological polar surface area (TPSA) is 51.0 Å². The standard InChI is InChI=1S/C13H16N4O/c1-10-8-17(3)15-12(10)13(18)16(2)9-11-4-6-14-7-5-11/h4-8H,9H2,1-3H3. The highest BCUT2D eigenvalue weighted by atomic mass is 16.2. The highest BCUT2D eigenvalue weighted by molar-refractivity contribution is 5.93. The lowest BCUT2D eigenvalue weighted by atomic mass is 10.2. The van der Waals surface area contributed by atoms with Crippen molar-refractivity contribution >= 4 is 5.91 Å². The summed E-state index contributed by atoms with van der Waals surface area (Å²) in [6.07, 6.45) is 5.28. The second-order valence-corrected chi connectivity index (χ2v) is 4.35. The van der Waals surface area contributed by atoms with Crippen LogP contribution in [0.1, 0.15) is 21.6 Å². The van der Waals surface area contributed by atoms with Gasteiger partial charge in [0.25, 0.3) is 5.91 Å². The number of rotatable bonds is 3. The van der Waals surface area contributed by atoms with Crippen molar-refractivity contribution in [2.75, 3.05) is 7.05 Å². The fourth-order valence-electron chi connectivity index (χ4n) is 1.83. The van der Waals surface area contributed by atoms with Crippen LogP contribution in [0, 0.1) is 6.92 Å². The molecule has 0 aliphatic rings. The van der Waals surface area contributed by atoms with E-state index in [0.29, 0.717) is 12.2 Å². The van der Waals surface area contributed by atoms with Crippen molar-refractivity contribution < 1.29 is 4.79 Å². The zero-order valence-corrected chi connectivity index (χ0v) is 10.8. The lowest BCUT2D eigenvalue weighted by molar-refractivity contribution is 0.0777. The summed E-state index contributed by atoms with van der Waals surface area (Å²) in [5.74, 6) is -0.0649. The van der Waals surface area contributed by atoms with Gasteiger partial charge in [-0.3, -0.25) is 14.5 Å². The van der Waals surface area contributed by atoms with Gasteiger partial charge < -0.3 is 4.90 Å². The van der Waals surface area contributed by atoms with Crippen LogP contribution in [0.25, 0.3) is 0 Å². The highest BCUT2D eigenvalue weighted by Crippen LogP contribution is 2.09. The van der Waals surface area contributed by atoms with Crippen LogP contribution in [0.4, 0.5) is 0 Å². The molecule has 0 aliphatic heterocycles. The molecule has 0 aliphatic carbocycles. The van der Waals surface area contributed by atoms with Gasteiger partial charge in [0.2, 0.25) is 0 Å². The van der Waals surface area contributed by atoms with E-state index in [-0.39, 0.29) is 5.91 Å². The number of hydrogen-bond acceptors (Lipinski definition) is 3. The molecule has 0 N–H and O–H groups in total. The first-order valence-electron chi connectivity index (χ1n) is 5.72. The summed E-state index contributed by atoms with van der Waals surface area (Å²) in [7, 11) is 3.59. The van der Waals surface area contributed by atoms with Crippen LogP contribution in [-0.2, 0) is 13.6 Å². The Balaban J connectivity index is 2.12. The number of aryl methyl sites for hydroxylation is 2. The van der Waals surface area contributed by atoms with E-state index < -0.39 is 0 Å². The van der Waals surface area contributed by atoms with Crippen molar-refractivity contribution in [2.45, 2.75) is 13.5 Å². The smallest absolute Gasteiger partial charge is 0.274 e. The first-order valence-corrected chi connectivity index (χ1v) is 5.72. The molecular formula is C13H16N4O. The van der Waals surface area contributed by atoms with E-state index in [2.05, 4.69) is 10.1 Å². The van der Waals surface area contributed by atoms with Gasteiger partial charge in [-0.05, 0) is 24.6 Å². The molecule has 2 aromatic heterocycles. The molecule has 0 atom stereocenters. The van der Waals surface area contributed by atoms with Crippen molar-refractivity contribution in [3.05, 3.63) is 47.5 Å². The van der Waals surface area contributed by atoms with Crippen molar-refractivity contribution in [2.24, 2.45) is 7.05 Å². The van der Waals surface area contributed by atoms with Crippen LogP contribution in [0.2, 0.25) is 0 Å². The molecule has 5 nitrogen and oxygen atoms in total. The maximum Gasteiger partial charge on any atom is 0.274 e. The third kappa shape index (κ3) is 2.56. The monoisotopic (exact) mass is 244 g/mol. The molecule has 0 saturated carbocycles. The minimum absolute atomic E-state index is 0.0649. The van der Waals surface area contributed by atoms with Crippen molar-refractivity contribution in [1.82, 2.24) is 19.7 Å².